The van der Waals surface area contributed by atoms with E-state index in [2.05, 4.69) is 52.8 Å². The number of aromatic hydroxyl groups is 1. The van der Waals surface area contributed by atoms with Gasteiger partial charge in [0, 0.05) is 5.56 Å². The lowest BCUT2D eigenvalue weighted by Gasteiger charge is -2.04. The topological polar surface area (TPSA) is 55.5 Å². The third kappa shape index (κ3) is 2.45. The third-order valence-electron chi connectivity index (χ3n) is 3.32. The SMILES string of the molecule is COc1cc(-c2nc3c(C)c(Br)c(O)c(Br)c3o2)ccc1Br. The number of aryl methyl sites for hydroxylation is 1. The average Bonchev–Trinajstić information content (AvgIpc) is 2.96. The monoisotopic (exact) mass is 489 g/mol. The molecule has 0 bridgehead atoms. The van der Waals surface area contributed by atoms with Crippen LogP contribution in [-0.2, 0) is 0 Å². The van der Waals surface area contributed by atoms with Gasteiger partial charge in [0.1, 0.15) is 21.5 Å². The maximum atomic E-state index is 10.1. The summed E-state index contributed by atoms with van der Waals surface area (Å²) < 4.78 is 13.1. The van der Waals surface area contributed by atoms with E-state index in [9.17, 15) is 5.11 Å². The Bertz CT molecular complexity index is 845. The highest BCUT2D eigenvalue weighted by Crippen LogP contribution is 2.43. The van der Waals surface area contributed by atoms with Crippen molar-refractivity contribution in [3.05, 3.63) is 37.2 Å². The molecule has 0 unspecified atom stereocenters. The summed E-state index contributed by atoms with van der Waals surface area (Å²) in [6.07, 6.45) is 0. The lowest BCUT2D eigenvalue weighted by Crippen LogP contribution is -1.86. The molecule has 0 radical (unpaired) electrons. The van der Waals surface area contributed by atoms with Gasteiger partial charge in [0.05, 0.1) is 16.1 Å². The van der Waals surface area contributed by atoms with Gasteiger partial charge in [-0.25, -0.2) is 4.98 Å². The van der Waals surface area contributed by atoms with Crippen LogP contribution in [0.25, 0.3) is 22.6 Å². The van der Waals surface area contributed by atoms with Crippen LogP contribution in [0, 0.1) is 6.92 Å². The minimum atomic E-state index is 0.0982. The first-order valence-corrected chi connectivity index (χ1v) is 8.63. The van der Waals surface area contributed by atoms with Crippen LogP contribution >= 0.6 is 47.8 Å². The molecule has 0 amide bonds. The second-order valence-corrected chi connectivity index (χ2v) is 7.09. The quantitative estimate of drug-likeness (QED) is 0.492. The number of phenols is 1. The van der Waals surface area contributed by atoms with E-state index in [0.717, 1.165) is 15.6 Å². The molecule has 0 saturated heterocycles. The molecule has 0 aliphatic rings. The van der Waals surface area contributed by atoms with Gasteiger partial charge in [0.2, 0.25) is 5.89 Å². The second-order valence-electron chi connectivity index (χ2n) is 4.65. The summed E-state index contributed by atoms with van der Waals surface area (Å²) in [5.41, 5.74) is 2.80. The summed E-state index contributed by atoms with van der Waals surface area (Å²) in [6.45, 7) is 1.87. The molecule has 0 atom stereocenters. The van der Waals surface area contributed by atoms with Crippen molar-refractivity contribution in [2.24, 2.45) is 0 Å². The van der Waals surface area contributed by atoms with E-state index in [4.69, 9.17) is 9.15 Å². The molecule has 1 N–H and O–H groups in total. The molecule has 4 nitrogen and oxygen atoms in total. The third-order valence-corrected chi connectivity index (χ3v) is 5.69. The summed E-state index contributed by atoms with van der Waals surface area (Å²) in [6, 6.07) is 5.60. The van der Waals surface area contributed by atoms with Crippen molar-refractivity contribution in [3.8, 4) is 23.0 Å². The van der Waals surface area contributed by atoms with E-state index in [1.54, 1.807) is 7.11 Å². The Morgan fingerprint density at radius 1 is 1.18 bits per heavy atom. The Labute approximate surface area is 151 Å². The molecule has 22 heavy (non-hydrogen) atoms. The molecular formula is C15H10Br3NO3. The van der Waals surface area contributed by atoms with Gasteiger partial charge in [-0.2, -0.15) is 0 Å². The van der Waals surface area contributed by atoms with Crippen LogP contribution in [0.15, 0.2) is 36.0 Å². The van der Waals surface area contributed by atoms with Crippen molar-refractivity contribution in [1.29, 1.82) is 0 Å². The predicted octanol–water partition coefficient (Wildman–Crippen LogP) is 5.80. The van der Waals surface area contributed by atoms with Crippen LogP contribution < -0.4 is 4.74 Å². The number of rotatable bonds is 2. The average molecular weight is 492 g/mol. The van der Waals surface area contributed by atoms with Crippen LogP contribution in [0.4, 0.5) is 0 Å². The summed E-state index contributed by atoms with van der Waals surface area (Å²) in [5.74, 6) is 1.25. The zero-order valence-electron chi connectivity index (χ0n) is 11.6. The fourth-order valence-corrected chi connectivity index (χ4v) is 3.65. The standard InChI is InChI=1S/C15H10Br3NO3/c1-6-10(17)13(20)11(18)14-12(6)19-15(22-14)7-3-4-8(16)9(5-7)21-2/h3-5,20H,1-2H3. The molecule has 0 saturated carbocycles. The Kier molecular flexibility index (Phi) is 4.22. The van der Waals surface area contributed by atoms with Crippen LogP contribution in [0.5, 0.6) is 11.5 Å². The zero-order valence-corrected chi connectivity index (χ0v) is 16.3. The highest BCUT2D eigenvalue weighted by Gasteiger charge is 2.20. The van der Waals surface area contributed by atoms with Gasteiger partial charge >= 0.3 is 0 Å². The molecular weight excluding hydrogens is 482 g/mol. The Morgan fingerprint density at radius 2 is 1.91 bits per heavy atom. The minimum absolute atomic E-state index is 0.0982. The van der Waals surface area contributed by atoms with Crippen molar-refractivity contribution in [2.45, 2.75) is 6.92 Å². The molecule has 2 aromatic carbocycles. The van der Waals surface area contributed by atoms with Crippen molar-refractivity contribution in [2.75, 3.05) is 7.11 Å². The van der Waals surface area contributed by atoms with Gasteiger partial charge in [-0.3, -0.25) is 0 Å². The fourth-order valence-electron chi connectivity index (χ4n) is 2.12. The molecule has 0 spiro atoms. The van der Waals surface area contributed by atoms with Gasteiger partial charge < -0.3 is 14.3 Å². The first kappa shape index (κ1) is 15.8. The van der Waals surface area contributed by atoms with E-state index in [1.807, 2.05) is 25.1 Å². The van der Waals surface area contributed by atoms with Crippen LogP contribution in [-0.4, -0.2) is 17.2 Å². The van der Waals surface area contributed by atoms with Crippen LogP contribution in [0.1, 0.15) is 5.56 Å². The minimum Gasteiger partial charge on any atom is -0.505 e. The van der Waals surface area contributed by atoms with Crippen molar-refractivity contribution in [3.63, 3.8) is 0 Å². The van der Waals surface area contributed by atoms with Gasteiger partial charge in [0.25, 0.3) is 0 Å². The molecule has 1 aromatic heterocycles. The molecule has 0 aliphatic carbocycles. The lowest BCUT2D eigenvalue weighted by molar-refractivity contribution is 0.412. The maximum Gasteiger partial charge on any atom is 0.227 e. The van der Waals surface area contributed by atoms with E-state index in [-0.39, 0.29) is 5.75 Å². The molecule has 0 aliphatic heterocycles. The molecule has 3 rings (SSSR count). The van der Waals surface area contributed by atoms with E-state index >= 15 is 0 Å². The van der Waals surface area contributed by atoms with Crippen molar-refractivity contribution >= 4 is 58.9 Å². The molecule has 7 heteroatoms. The van der Waals surface area contributed by atoms with E-state index in [0.29, 0.717) is 31.7 Å². The summed E-state index contributed by atoms with van der Waals surface area (Å²) in [5, 5.41) is 10.1. The van der Waals surface area contributed by atoms with Crippen LogP contribution in [0.3, 0.4) is 0 Å². The van der Waals surface area contributed by atoms with Gasteiger partial charge in [0.15, 0.2) is 5.58 Å². The number of ether oxygens (including phenoxy) is 1. The number of aromatic nitrogens is 1. The summed E-state index contributed by atoms with van der Waals surface area (Å²) in [4.78, 5) is 4.54. The largest absolute Gasteiger partial charge is 0.505 e. The van der Waals surface area contributed by atoms with E-state index in [1.165, 1.54) is 0 Å². The fraction of sp³-hybridized carbons (Fsp3) is 0.133. The number of halogens is 3. The van der Waals surface area contributed by atoms with Crippen LogP contribution in [0.2, 0.25) is 0 Å². The highest BCUT2D eigenvalue weighted by molar-refractivity contribution is 9.11. The summed E-state index contributed by atoms with van der Waals surface area (Å²) in [7, 11) is 1.60. The number of benzene rings is 2. The predicted molar refractivity (Wildman–Crippen MR) is 95.5 cm³/mol. The molecule has 0 fully saturated rings. The molecule has 3 aromatic rings. The summed E-state index contributed by atoms with van der Waals surface area (Å²) >= 11 is 10.1. The number of methoxy groups -OCH3 is 1. The van der Waals surface area contributed by atoms with Gasteiger partial charge in [-0.05, 0) is 78.5 Å². The van der Waals surface area contributed by atoms with E-state index < -0.39 is 0 Å². The Hall–Kier alpha value is -1.05. The molecule has 1 heterocycles. The normalized spacial score (nSPS) is 11.1. The lowest BCUT2D eigenvalue weighted by atomic mass is 10.2. The number of nitrogens with zero attached hydrogens (tertiary/aromatic N) is 1. The highest BCUT2D eigenvalue weighted by atomic mass is 79.9. The Morgan fingerprint density at radius 3 is 2.59 bits per heavy atom. The second kappa shape index (κ2) is 5.86. The zero-order chi connectivity index (χ0) is 16.0. The number of hydrogen-bond donors (Lipinski definition) is 1. The number of hydrogen-bond acceptors (Lipinski definition) is 4. The van der Waals surface area contributed by atoms with Gasteiger partial charge in [-0.15, -0.1) is 0 Å². The van der Waals surface area contributed by atoms with Crippen molar-refractivity contribution in [1.82, 2.24) is 4.98 Å². The smallest absolute Gasteiger partial charge is 0.227 e. The van der Waals surface area contributed by atoms with Gasteiger partial charge in [-0.1, -0.05) is 0 Å². The Balaban J connectivity index is 2.25. The van der Waals surface area contributed by atoms with Crippen molar-refractivity contribution < 1.29 is 14.3 Å². The maximum absolute atomic E-state index is 10.1. The number of phenolic OH excluding ortho intramolecular Hbond substituents is 1. The number of oxazole rings is 1. The molecule has 114 valence electrons. The first-order valence-electron chi connectivity index (χ1n) is 6.25. The first-order chi connectivity index (χ1) is 10.4. The number of fused-ring (bicyclic) bond motifs is 1.